The second-order valence-corrected chi connectivity index (χ2v) is 4.88. The molecule has 0 aliphatic rings. The van der Waals surface area contributed by atoms with Gasteiger partial charge in [0.2, 0.25) is 0 Å². The Kier molecular flexibility index (Phi) is 15.0. The first-order valence-corrected chi connectivity index (χ1v) is 7.68. The van der Waals surface area contributed by atoms with Gasteiger partial charge in [-0.15, -0.1) is 0 Å². The lowest BCUT2D eigenvalue weighted by atomic mass is 10.1. The second kappa shape index (κ2) is 15.5. The van der Waals surface area contributed by atoms with Gasteiger partial charge in [-0.3, -0.25) is 0 Å². The van der Waals surface area contributed by atoms with Gasteiger partial charge in [-0.05, 0) is 39.0 Å². The van der Waals surface area contributed by atoms with Crippen LogP contribution in [0.3, 0.4) is 0 Å². The molecule has 17 heavy (non-hydrogen) atoms. The minimum absolute atomic E-state index is 1.26. The van der Waals surface area contributed by atoms with E-state index in [4.69, 9.17) is 0 Å². The molecule has 0 aromatic rings. The lowest BCUT2D eigenvalue weighted by Gasteiger charge is -2.00. The highest BCUT2D eigenvalue weighted by atomic mass is 14.0. The molecule has 0 amide bonds. The average molecular weight is 236 g/mol. The predicted molar refractivity (Wildman–Crippen MR) is 80.4 cm³/mol. The highest BCUT2D eigenvalue weighted by Gasteiger charge is 1.90. The van der Waals surface area contributed by atoms with Gasteiger partial charge in [0.1, 0.15) is 0 Å². The maximum absolute atomic E-state index is 2.36. The summed E-state index contributed by atoms with van der Waals surface area (Å²) in [7, 11) is 0. The third kappa shape index (κ3) is 15.5. The molecule has 0 unspecified atom stereocenters. The molecule has 0 bridgehead atoms. The van der Waals surface area contributed by atoms with Crippen LogP contribution in [0.25, 0.3) is 0 Å². The largest absolute Gasteiger partial charge is 0.0917 e. The Labute approximate surface area is 109 Å². The van der Waals surface area contributed by atoms with Crippen LogP contribution in [0.1, 0.15) is 84.5 Å². The molecule has 0 aliphatic carbocycles. The van der Waals surface area contributed by atoms with Crippen molar-refractivity contribution in [2.24, 2.45) is 0 Å². The average Bonchev–Trinajstić information content (AvgIpc) is 2.35. The van der Waals surface area contributed by atoms with E-state index in [1.807, 2.05) is 0 Å². The summed E-state index contributed by atoms with van der Waals surface area (Å²) in [5, 5.41) is 0. The van der Waals surface area contributed by atoms with Gasteiger partial charge in [-0.25, -0.2) is 0 Å². The maximum Gasteiger partial charge on any atom is -0.0351 e. The number of unbranched alkanes of at least 4 members (excludes halogenated alkanes) is 9. The molecule has 0 aromatic heterocycles. The van der Waals surface area contributed by atoms with Crippen LogP contribution in [-0.4, -0.2) is 0 Å². The first-order valence-electron chi connectivity index (χ1n) is 7.68. The summed E-state index contributed by atoms with van der Waals surface area (Å²) in [6.07, 6.45) is 24.2. The Morgan fingerprint density at radius 3 is 1.59 bits per heavy atom. The summed E-state index contributed by atoms with van der Waals surface area (Å²) in [6.45, 7) is 4.34. The van der Waals surface area contributed by atoms with Gasteiger partial charge in [0.25, 0.3) is 0 Å². The Balaban J connectivity index is 2.98. The van der Waals surface area contributed by atoms with E-state index < -0.39 is 0 Å². The molecule has 0 aromatic carbocycles. The zero-order chi connectivity index (χ0) is 12.6. The van der Waals surface area contributed by atoms with E-state index in [0.29, 0.717) is 0 Å². The third-order valence-corrected chi connectivity index (χ3v) is 3.10. The first-order chi connectivity index (χ1) is 8.41. The van der Waals surface area contributed by atoms with Crippen molar-refractivity contribution < 1.29 is 0 Å². The van der Waals surface area contributed by atoms with Gasteiger partial charge >= 0.3 is 0 Å². The minimum atomic E-state index is 1.26. The van der Waals surface area contributed by atoms with Crippen LogP contribution < -0.4 is 0 Å². The number of hydrogen-bond donors (Lipinski definition) is 0. The van der Waals surface area contributed by atoms with E-state index in [0.717, 1.165) is 0 Å². The molecule has 0 radical (unpaired) electrons. The molecule has 0 atom stereocenters. The van der Waals surface area contributed by atoms with Gasteiger partial charge in [-0.1, -0.05) is 69.8 Å². The quantitative estimate of drug-likeness (QED) is 0.270. The van der Waals surface area contributed by atoms with Crippen molar-refractivity contribution in [2.45, 2.75) is 84.5 Å². The summed E-state index contributed by atoms with van der Waals surface area (Å²) in [4.78, 5) is 0. The van der Waals surface area contributed by atoms with Crippen molar-refractivity contribution in [3.63, 3.8) is 0 Å². The molecule has 0 spiro atoms. The molecule has 0 saturated carbocycles. The van der Waals surface area contributed by atoms with Crippen molar-refractivity contribution in [2.75, 3.05) is 0 Å². The SMILES string of the molecule is CC=CCCCCCCCCCC=CCCC. The van der Waals surface area contributed by atoms with Gasteiger partial charge in [0, 0.05) is 0 Å². The second-order valence-electron chi connectivity index (χ2n) is 4.88. The molecule has 0 aliphatic heterocycles. The molecule has 0 heteroatoms. The Morgan fingerprint density at radius 1 is 0.588 bits per heavy atom. The number of hydrogen-bond acceptors (Lipinski definition) is 0. The smallest absolute Gasteiger partial charge is 0.0351 e. The third-order valence-electron chi connectivity index (χ3n) is 3.10. The summed E-state index contributed by atoms with van der Waals surface area (Å²) < 4.78 is 0. The predicted octanol–water partition coefficient (Wildman–Crippen LogP) is 6.43. The molecular weight excluding hydrogens is 204 g/mol. The van der Waals surface area contributed by atoms with Crippen LogP contribution in [0.2, 0.25) is 0 Å². The van der Waals surface area contributed by atoms with E-state index in [1.54, 1.807) is 0 Å². The highest BCUT2D eigenvalue weighted by Crippen LogP contribution is 2.10. The van der Waals surface area contributed by atoms with Crippen molar-refractivity contribution in [1.29, 1.82) is 0 Å². The van der Waals surface area contributed by atoms with Gasteiger partial charge in [0.05, 0.1) is 0 Å². The van der Waals surface area contributed by atoms with E-state index in [1.165, 1.54) is 70.6 Å². The van der Waals surface area contributed by atoms with Crippen molar-refractivity contribution >= 4 is 0 Å². The standard InChI is InChI=1S/C17H32/c1-3-5-7-9-11-13-15-17-16-14-12-10-8-6-4-2/h3,5,8,10H,4,6-7,9,11-17H2,1-2H3. The summed E-state index contributed by atoms with van der Waals surface area (Å²) in [5.74, 6) is 0. The van der Waals surface area contributed by atoms with Crippen LogP contribution in [0.15, 0.2) is 24.3 Å². The van der Waals surface area contributed by atoms with E-state index in [9.17, 15) is 0 Å². The molecule has 0 saturated heterocycles. The molecular formula is C17H32. The van der Waals surface area contributed by atoms with Gasteiger partial charge < -0.3 is 0 Å². The minimum Gasteiger partial charge on any atom is -0.0917 e. The fraction of sp³-hybridized carbons (Fsp3) is 0.765. The van der Waals surface area contributed by atoms with Crippen molar-refractivity contribution in [3.8, 4) is 0 Å². The zero-order valence-electron chi connectivity index (χ0n) is 12.1. The maximum atomic E-state index is 2.36. The fourth-order valence-electron chi connectivity index (χ4n) is 1.98. The normalized spacial score (nSPS) is 11.9. The Bertz CT molecular complexity index is 176. The molecule has 0 fully saturated rings. The molecule has 0 N–H and O–H groups in total. The van der Waals surface area contributed by atoms with E-state index in [-0.39, 0.29) is 0 Å². The van der Waals surface area contributed by atoms with E-state index in [2.05, 4.69) is 38.2 Å². The monoisotopic (exact) mass is 236 g/mol. The van der Waals surface area contributed by atoms with Crippen LogP contribution in [-0.2, 0) is 0 Å². The van der Waals surface area contributed by atoms with Crippen LogP contribution >= 0.6 is 0 Å². The zero-order valence-corrected chi connectivity index (χ0v) is 12.1. The number of rotatable bonds is 12. The van der Waals surface area contributed by atoms with E-state index >= 15 is 0 Å². The Morgan fingerprint density at radius 2 is 1.06 bits per heavy atom. The molecule has 100 valence electrons. The van der Waals surface area contributed by atoms with Gasteiger partial charge in [0.15, 0.2) is 0 Å². The van der Waals surface area contributed by atoms with Crippen LogP contribution in [0.4, 0.5) is 0 Å². The summed E-state index contributed by atoms with van der Waals surface area (Å²) in [6, 6.07) is 0. The van der Waals surface area contributed by atoms with Gasteiger partial charge in [-0.2, -0.15) is 0 Å². The lowest BCUT2D eigenvalue weighted by Crippen LogP contribution is -1.80. The molecule has 0 heterocycles. The highest BCUT2D eigenvalue weighted by molar-refractivity contribution is 4.80. The van der Waals surface area contributed by atoms with Crippen molar-refractivity contribution in [1.82, 2.24) is 0 Å². The summed E-state index contributed by atoms with van der Waals surface area (Å²) >= 11 is 0. The summed E-state index contributed by atoms with van der Waals surface area (Å²) in [5.41, 5.74) is 0. The van der Waals surface area contributed by atoms with Crippen LogP contribution in [0, 0.1) is 0 Å². The van der Waals surface area contributed by atoms with Crippen molar-refractivity contribution in [3.05, 3.63) is 24.3 Å². The first kappa shape index (κ1) is 16.5. The van der Waals surface area contributed by atoms with Crippen LogP contribution in [0.5, 0.6) is 0 Å². The number of allylic oxidation sites excluding steroid dienone is 4. The Hall–Kier alpha value is -0.520. The fourth-order valence-corrected chi connectivity index (χ4v) is 1.98. The molecule has 0 nitrogen and oxygen atoms in total. The topological polar surface area (TPSA) is 0 Å². The lowest BCUT2D eigenvalue weighted by molar-refractivity contribution is 0.583. The molecule has 0 rings (SSSR count).